The lowest BCUT2D eigenvalue weighted by atomic mass is 9.95. The van der Waals surface area contributed by atoms with Crippen LogP contribution in [0.1, 0.15) is 70.8 Å². The van der Waals surface area contributed by atoms with Gasteiger partial charge in [0.15, 0.2) is 0 Å². The topological polar surface area (TPSA) is 155 Å². The summed E-state index contributed by atoms with van der Waals surface area (Å²) in [6.07, 6.45) is 5.71. The third kappa shape index (κ3) is 8.47. The fourth-order valence-corrected chi connectivity index (χ4v) is 8.10. The maximum atomic E-state index is 13.5. The first kappa shape index (κ1) is 37.6. The molecule has 12 nitrogen and oxygen atoms in total. The van der Waals surface area contributed by atoms with Crippen LogP contribution >= 0.6 is 23.2 Å². The molecular formula is C40H42Cl2N6O6. The molecule has 3 atom stereocenters. The van der Waals surface area contributed by atoms with Crippen molar-refractivity contribution in [2.24, 2.45) is 5.92 Å². The Bertz CT molecular complexity index is 2050. The van der Waals surface area contributed by atoms with Crippen molar-refractivity contribution >= 4 is 46.8 Å². The van der Waals surface area contributed by atoms with Crippen molar-refractivity contribution in [1.82, 2.24) is 25.5 Å². The van der Waals surface area contributed by atoms with E-state index in [2.05, 4.69) is 30.8 Å². The minimum Gasteiger partial charge on any atom is -0.481 e. The summed E-state index contributed by atoms with van der Waals surface area (Å²) in [5.74, 6) is -0.336. The number of aromatic nitrogens is 2. The van der Waals surface area contributed by atoms with Crippen LogP contribution < -0.4 is 25.4 Å². The van der Waals surface area contributed by atoms with Crippen LogP contribution in [0.2, 0.25) is 10.0 Å². The van der Waals surface area contributed by atoms with E-state index in [4.69, 9.17) is 32.7 Å². The van der Waals surface area contributed by atoms with Gasteiger partial charge in [-0.15, -0.1) is 0 Å². The van der Waals surface area contributed by atoms with E-state index in [9.17, 15) is 19.5 Å². The van der Waals surface area contributed by atoms with Gasteiger partial charge in [-0.05, 0) is 79.1 Å². The SMILES string of the molecule is COc1nc(O[C@H]2CCc3c(-c4cccc(C(=O)Nc5ccc(CN6CCCC(C(=O)O)C6)cn5)c4Cl)cccc32)c(Cl)cc1CNCC1CCC(=O)N1. The summed E-state index contributed by atoms with van der Waals surface area (Å²) >= 11 is 13.7. The molecule has 4 N–H and O–H groups in total. The Morgan fingerprint density at radius 3 is 2.63 bits per heavy atom. The molecule has 2 unspecified atom stereocenters. The lowest BCUT2D eigenvalue weighted by Crippen LogP contribution is -2.38. The van der Waals surface area contributed by atoms with Crippen molar-refractivity contribution in [2.45, 2.75) is 63.8 Å². The van der Waals surface area contributed by atoms with Crippen LogP contribution in [0.5, 0.6) is 11.8 Å². The number of carbonyl (C=O) groups excluding carboxylic acids is 2. The first-order chi connectivity index (χ1) is 26.2. The van der Waals surface area contributed by atoms with Crippen LogP contribution in [0.25, 0.3) is 11.1 Å². The molecule has 4 aromatic rings. The number of carboxylic acid groups (broad SMARTS) is 1. The van der Waals surface area contributed by atoms with E-state index >= 15 is 0 Å². The highest BCUT2D eigenvalue weighted by Crippen LogP contribution is 2.43. The number of carboxylic acids is 1. The van der Waals surface area contributed by atoms with Gasteiger partial charge in [0, 0.05) is 56.0 Å². The molecule has 2 aromatic heterocycles. The van der Waals surface area contributed by atoms with Crippen LogP contribution in [0, 0.1) is 5.92 Å². The number of nitrogens with zero attached hydrogens (tertiary/aromatic N) is 3. The molecule has 4 heterocycles. The molecule has 54 heavy (non-hydrogen) atoms. The van der Waals surface area contributed by atoms with E-state index in [0.29, 0.717) is 72.7 Å². The van der Waals surface area contributed by atoms with Gasteiger partial charge < -0.3 is 30.5 Å². The Kier molecular flexibility index (Phi) is 11.6. The number of carbonyl (C=O) groups is 3. The quantitative estimate of drug-likeness (QED) is 0.119. The fourth-order valence-electron chi connectivity index (χ4n) is 7.57. The second-order valence-corrected chi connectivity index (χ2v) is 14.8. The number of pyridine rings is 2. The maximum Gasteiger partial charge on any atom is 0.307 e. The summed E-state index contributed by atoms with van der Waals surface area (Å²) in [5.41, 5.74) is 5.76. The smallest absolute Gasteiger partial charge is 0.307 e. The molecule has 282 valence electrons. The monoisotopic (exact) mass is 772 g/mol. The lowest BCUT2D eigenvalue weighted by molar-refractivity contribution is -0.143. The van der Waals surface area contributed by atoms with E-state index < -0.39 is 5.97 Å². The Labute approximate surface area is 323 Å². The fraction of sp³-hybridized carbons (Fsp3) is 0.375. The highest BCUT2D eigenvalue weighted by Gasteiger charge is 2.30. The van der Waals surface area contributed by atoms with E-state index in [1.54, 1.807) is 31.5 Å². The molecule has 2 saturated heterocycles. The van der Waals surface area contributed by atoms with Crippen molar-refractivity contribution in [2.75, 3.05) is 32.1 Å². The van der Waals surface area contributed by atoms with Gasteiger partial charge in [0.05, 0.1) is 23.6 Å². The third-order valence-corrected chi connectivity index (χ3v) is 11.0. The predicted octanol–water partition coefficient (Wildman–Crippen LogP) is 6.44. The second-order valence-electron chi connectivity index (χ2n) is 14.0. The first-order valence-electron chi connectivity index (χ1n) is 18.2. The lowest BCUT2D eigenvalue weighted by Gasteiger charge is -2.30. The molecule has 7 rings (SSSR count). The summed E-state index contributed by atoms with van der Waals surface area (Å²) in [7, 11) is 1.56. The molecule has 0 spiro atoms. The molecule has 2 aromatic carbocycles. The number of amides is 2. The normalized spacial score (nSPS) is 19.6. The Morgan fingerprint density at radius 1 is 1.04 bits per heavy atom. The summed E-state index contributed by atoms with van der Waals surface area (Å²) < 4.78 is 12.0. The van der Waals surface area contributed by atoms with Crippen LogP contribution in [-0.4, -0.2) is 70.5 Å². The van der Waals surface area contributed by atoms with Crippen molar-refractivity contribution in [3.8, 4) is 22.9 Å². The minimum atomic E-state index is -0.756. The maximum absolute atomic E-state index is 13.5. The predicted molar refractivity (Wildman–Crippen MR) is 205 cm³/mol. The molecule has 0 saturated carbocycles. The molecule has 0 bridgehead atoms. The Balaban J connectivity index is 1.01. The zero-order valence-corrected chi connectivity index (χ0v) is 31.4. The number of ether oxygens (including phenoxy) is 2. The van der Waals surface area contributed by atoms with E-state index in [-0.39, 0.29) is 35.8 Å². The van der Waals surface area contributed by atoms with Gasteiger partial charge in [-0.1, -0.05) is 59.6 Å². The van der Waals surface area contributed by atoms with E-state index in [1.807, 2.05) is 36.4 Å². The van der Waals surface area contributed by atoms with Crippen LogP contribution in [-0.2, 0) is 29.1 Å². The number of benzene rings is 2. The van der Waals surface area contributed by atoms with E-state index in [1.165, 1.54) is 0 Å². The average molecular weight is 774 g/mol. The van der Waals surface area contributed by atoms with Crippen molar-refractivity contribution in [1.29, 1.82) is 0 Å². The van der Waals surface area contributed by atoms with Crippen LogP contribution in [0.15, 0.2) is 60.8 Å². The number of halogens is 2. The number of nitrogens with one attached hydrogen (secondary N) is 3. The van der Waals surface area contributed by atoms with Gasteiger partial charge in [0.2, 0.25) is 17.7 Å². The summed E-state index contributed by atoms with van der Waals surface area (Å²) in [6, 6.07) is 16.9. The zero-order chi connectivity index (χ0) is 37.8. The Hall–Kier alpha value is -4.75. The number of aliphatic carboxylic acids is 1. The number of hydrogen-bond donors (Lipinski definition) is 4. The molecule has 2 amide bonds. The van der Waals surface area contributed by atoms with Crippen molar-refractivity contribution < 1.29 is 29.0 Å². The minimum absolute atomic E-state index is 0.0759. The van der Waals surface area contributed by atoms with Crippen LogP contribution in [0.3, 0.4) is 0 Å². The average Bonchev–Trinajstić information content (AvgIpc) is 3.79. The summed E-state index contributed by atoms with van der Waals surface area (Å²) in [6.45, 7) is 3.05. The van der Waals surface area contributed by atoms with Gasteiger partial charge >= 0.3 is 5.97 Å². The zero-order valence-electron chi connectivity index (χ0n) is 29.9. The van der Waals surface area contributed by atoms with Gasteiger partial charge in [-0.3, -0.25) is 19.3 Å². The molecule has 1 aliphatic carbocycles. The number of hydrogen-bond acceptors (Lipinski definition) is 9. The standard InChI is InChI=1S/C40H42Cl2N6O6/c1-53-38-25(19-43-20-26-11-15-35(49)45-26)17-32(41)39(47-38)54-33-13-12-28-27(6-2-7-29(28)33)30-8-3-9-31(36(30)42)37(50)46-34-14-10-23(18-44-34)21-48-16-4-5-24(22-48)40(51)52/h2-3,6-10,14,17-18,24,26,33,43H,4-5,11-13,15-16,19-22H2,1H3,(H,45,49)(H,51,52)(H,44,46,50)/t24?,26?,33-/m0/s1. The number of fused-ring (bicyclic) bond motifs is 1. The van der Waals surface area contributed by atoms with Crippen molar-refractivity contribution in [3.63, 3.8) is 0 Å². The van der Waals surface area contributed by atoms with Gasteiger partial charge in [0.25, 0.3) is 5.91 Å². The third-order valence-electron chi connectivity index (χ3n) is 10.3. The van der Waals surface area contributed by atoms with E-state index in [0.717, 1.165) is 59.2 Å². The van der Waals surface area contributed by atoms with Gasteiger partial charge in [-0.2, -0.15) is 4.98 Å². The summed E-state index contributed by atoms with van der Waals surface area (Å²) in [4.78, 5) is 47.6. The second kappa shape index (κ2) is 16.7. The number of likely N-dealkylation sites (tertiary alicyclic amines) is 1. The molecule has 2 fully saturated rings. The number of anilines is 1. The molecular weight excluding hydrogens is 731 g/mol. The molecule has 2 aliphatic heterocycles. The molecule has 14 heteroatoms. The molecule has 0 radical (unpaired) electrons. The highest BCUT2D eigenvalue weighted by molar-refractivity contribution is 6.37. The first-order valence-corrected chi connectivity index (χ1v) is 18.9. The summed E-state index contributed by atoms with van der Waals surface area (Å²) in [5, 5.41) is 19.3. The van der Waals surface area contributed by atoms with Crippen LogP contribution in [0.4, 0.5) is 5.82 Å². The van der Waals surface area contributed by atoms with Gasteiger partial charge in [0.1, 0.15) is 16.9 Å². The number of rotatable bonds is 13. The number of methoxy groups -OCH3 is 1. The molecule has 3 aliphatic rings. The Morgan fingerprint density at radius 2 is 1.87 bits per heavy atom. The largest absolute Gasteiger partial charge is 0.481 e. The highest BCUT2D eigenvalue weighted by atomic mass is 35.5. The van der Waals surface area contributed by atoms with Gasteiger partial charge in [-0.25, -0.2) is 4.98 Å². The number of piperidine rings is 1. The van der Waals surface area contributed by atoms with Crippen molar-refractivity contribution in [3.05, 3.63) is 98.7 Å².